The molecule has 4 N–H and O–H groups in total. The molecular weight excluding hydrogens is 280 g/mol. The Hall–Kier alpha value is -2.50. The van der Waals surface area contributed by atoms with Crippen LogP contribution in [0.1, 0.15) is 36.5 Å². The first kappa shape index (κ1) is 15.9. The highest BCUT2D eigenvalue weighted by Gasteiger charge is 2.16. The van der Waals surface area contributed by atoms with Crippen molar-refractivity contribution in [3.63, 3.8) is 0 Å². The topological polar surface area (TPSA) is 96.3 Å². The number of nitrogens with two attached hydrogens (primary N) is 2. The van der Waals surface area contributed by atoms with Crippen molar-refractivity contribution in [2.75, 3.05) is 25.7 Å². The number of anilines is 2. The Balaban J connectivity index is 2.43. The number of nitrogen functional groups attached to an aromatic ring is 2. The van der Waals surface area contributed by atoms with Crippen molar-refractivity contribution in [3.8, 4) is 11.5 Å². The minimum atomic E-state index is 0.173. The van der Waals surface area contributed by atoms with Crippen LogP contribution in [0.4, 0.5) is 11.8 Å². The van der Waals surface area contributed by atoms with Crippen LogP contribution in [0, 0.1) is 0 Å². The second-order valence-electron chi connectivity index (χ2n) is 5.38. The van der Waals surface area contributed by atoms with E-state index < -0.39 is 0 Å². The summed E-state index contributed by atoms with van der Waals surface area (Å²) in [6.45, 7) is 4.21. The van der Waals surface area contributed by atoms with Crippen LogP contribution in [0.2, 0.25) is 0 Å². The third-order valence-corrected chi connectivity index (χ3v) is 3.49. The molecule has 0 aliphatic heterocycles. The molecule has 0 saturated carbocycles. The lowest BCUT2D eigenvalue weighted by Gasteiger charge is -2.18. The van der Waals surface area contributed by atoms with Gasteiger partial charge in [-0.25, -0.2) is 4.98 Å². The highest BCUT2D eigenvalue weighted by molar-refractivity contribution is 5.52. The number of hydrogen-bond acceptors (Lipinski definition) is 6. The molecule has 6 heteroatoms. The van der Waals surface area contributed by atoms with E-state index in [1.807, 2.05) is 12.1 Å². The minimum Gasteiger partial charge on any atom is -0.496 e. The second kappa shape index (κ2) is 6.51. The summed E-state index contributed by atoms with van der Waals surface area (Å²) in [4.78, 5) is 7.97. The lowest BCUT2D eigenvalue weighted by atomic mass is 9.96. The molecule has 0 bridgehead atoms. The molecule has 0 aliphatic rings. The van der Waals surface area contributed by atoms with E-state index >= 15 is 0 Å². The van der Waals surface area contributed by atoms with Crippen LogP contribution in [-0.4, -0.2) is 24.2 Å². The second-order valence-corrected chi connectivity index (χ2v) is 5.38. The van der Waals surface area contributed by atoms with Gasteiger partial charge in [0, 0.05) is 23.7 Å². The van der Waals surface area contributed by atoms with Crippen molar-refractivity contribution in [1.82, 2.24) is 9.97 Å². The maximum absolute atomic E-state index is 5.89. The summed E-state index contributed by atoms with van der Waals surface area (Å²) in [5.74, 6) is 2.47. The van der Waals surface area contributed by atoms with Crippen molar-refractivity contribution in [1.29, 1.82) is 0 Å². The van der Waals surface area contributed by atoms with Crippen LogP contribution in [0.15, 0.2) is 18.3 Å². The summed E-state index contributed by atoms with van der Waals surface area (Å²) >= 11 is 0. The van der Waals surface area contributed by atoms with E-state index in [1.165, 1.54) is 0 Å². The van der Waals surface area contributed by atoms with Crippen LogP contribution < -0.4 is 20.9 Å². The number of nitrogens with zero attached hydrogens (tertiary/aromatic N) is 2. The summed E-state index contributed by atoms with van der Waals surface area (Å²) in [6.07, 6.45) is 2.23. The Morgan fingerprint density at radius 3 is 2.14 bits per heavy atom. The normalized spacial score (nSPS) is 10.8. The molecule has 0 fully saturated rings. The maximum Gasteiger partial charge on any atom is 0.221 e. The number of rotatable bonds is 5. The zero-order chi connectivity index (χ0) is 16.3. The molecule has 0 amide bonds. The lowest BCUT2D eigenvalue weighted by molar-refractivity contribution is 0.381. The third-order valence-electron chi connectivity index (χ3n) is 3.49. The quantitative estimate of drug-likeness (QED) is 0.880. The zero-order valence-electron chi connectivity index (χ0n) is 13.4. The van der Waals surface area contributed by atoms with Gasteiger partial charge in [0.25, 0.3) is 0 Å². The van der Waals surface area contributed by atoms with Gasteiger partial charge in [-0.3, -0.25) is 0 Å². The SMILES string of the molecule is COc1cc(Cc2cnc(N)nc2N)cc(OC)c1C(C)C. The van der Waals surface area contributed by atoms with Crippen molar-refractivity contribution in [3.05, 3.63) is 35.0 Å². The summed E-state index contributed by atoms with van der Waals surface area (Å²) < 4.78 is 11.0. The zero-order valence-corrected chi connectivity index (χ0v) is 13.4. The Bertz CT molecular complexity index is 646. The molecule has 0 aliphatic carbocycles. The molecule has 6 nitrogen and oxygen atoms in total. The van der Waals surface area contributed by atoms with E-state index in [1.54, 1.807) is 20.4 Å². The van der Waals surface area contributed by atoms with Crippen LogP contribution in [-0.2, 0) is 6.42 Å². The van der Waals surface area contributed by atoms with E-state index in [9.17, 15) is 0 Å². The first-order valence-corrected chi connectivity index (χ1v) is 7.07. The van der Waals surface area contributed by atoms with Gasteiger partial charge >= 0.3 is 0 Å². The predicted molar refractivity (Wildman–Crippen MR) is 87.3 cm³/mol. The predicted octanol–water partition coefficient (Wildman–Crippen LogP) is 2.37. The van der Waals surface area contributed by atoms with Crippen molar-refractivity contribution in [2.24, 2.45) is 0 Å². The molecule has 2 rings (SSSR count). The van der Waals surface area contributed by atoms with Crippen molar-refractivity contribution < 1.29 is 9.47 Å². The van der Waals surface area contributed by atoms with E-state index in [0.717, 1.165) is 28.2 Å². The molecule has 118 valence electrons. The number of methoxy groups -OCH3 is 2. The summed E-state index contributed by atoms with van der Waals surface area (Å²) in [5.41, 5.74) is 14.3. The summed E-state index contributed by atoms with van der Waals surface area (Å²) in [6, 6.07) is 3.99. The number of ether oxygens (including phenoxy) is 2. The monoisotopic (exact) mass is 302 g/mol. The van der Waals surface area contributed by atoms with Gasteiger partial charge in [0.2, 0.25) is 5.95 Å². The first-order chi connectivity index (χ1) is 10.5. The van der Waals surface area contributed by atoms with Gasteiger partial charge in [0.15, 0.2) is 0 Å². The number of benzene rings is 1. The minimum absolute atomic E-state index is 0.173. The largest absolute Gasteiger partial charge is 0.496 e. The van der Waals surface area contributed by atoms with Gasteiger partial charge < -0.3 is 20.9 Å². The van der Waals surface area contributed by atoms with Crippen LogP contribution in [0.5, 0.6) is 11.5 Å². The van der Waals surface area contributed by atoms with Crippen LogP contribution >= 0.6 is 0 Å². The van der Waals surface area contributed by atoms with E-state index in [0.29, 0.717) is 18.2 Å². The average molecular weight is 302 g/mol. The molecule has 1 aromatic carbocycles. The van der Waals surface area contributed by atoms with Crippen molar-refractivity contribution in [2.45, 2.75) is 26.2 Å². The molecule has 1 heterocycles. The highest BCUT2D eigenvalue weighted by Crippen LogP contribution is 2.37. The average Bonchev–Trinajstić information content (AvgIpc) is 2.48. The summed E-state index contributed by atoms with van der Waals surface area (Å²) in [5, 5.41) is 0. The van der Waals surface area contributed by atoms with Crippen LogP contribution in [0.25, 0.3) is 0 Å². The lowest BCUT2D eigenvalue weighted by Crippen LogP contribution is -2.05. The number of hydrogen-bond donors (Lipinski definition) is 2. The first-order valence-electron chi connectivity index (χ1n) is 7.07. The third kappa shape index (κ3) is 3.21. The smallest absolute Gasteiger partial charge is 0.221 e. The molecule has 0 atom stereocenters. The molecule has 0 radical (unpaired) electrons. The van der Waals surface area contributed by atoms with Gasteiger partial charge in [0.05, 0.1) is 14.2 Å². The Morgan fingerprint density at radius 2 is 1.68 bits per heavy atom. The molecule has 0 saturated heterocycles. The van der Waals surface area contributed by atoms with Gasteiger partial charge in [0.1, 0.15) is 17.3 Å². The van der Waals surface area contributed by atoms with Gasteiger partial charge in [-0.15, -0.1) is 0 Å². The fraction of sp³-hybridized carbons (Fsp3) is 0.375. The molecular formula is C16H22N4O2. The van der Waals surface area contributed by atoms with Crippen molar-refractivity contribution >= 4 is 11.8 Å². The van der Waals surface area contributed by atoms with Gasteiger partial charge in [-0.05, 0) is 23.6 Å². The Labute approximate surface area is 130 Å². The Kier molecular flexibility index (Phi) is 4.70. The maximum atomic E-state index is 5.89. The van der Waals surface area contributed by atoms with Gasteiger partial charge in [-0.2, -0.15) is 4.98 Å². The van der Waals surface area contributed by atoms with E-state index in [4.69, 9.17) is 20.9 Å². The molecule has 0 unspecified atom stereocenters. The summed E-state index contributed by atoms with van der Waals surface area (Å²) in [7, 11) is 3.32. The molecule has 2 aromatic rings. The molecule has 0 spiro atoms. The van der Waals surface area contributed by atoms with Crippen LogP contribution in [0.3, 0.4) is 0 Å². The molecule has 22 heavy (non-hydrogen) atoms. The fourth-order valence-corrected chi connectivity index (χ4v) is 2.45. The standard InChI is InChI=1S/C16H22N4O2/c1-9(2)14-12(21-3)6-10(7-13(14)22-4)5-11-8-19-16(18)20-15(11)17/h6-9H,5H2,1-4H3,(H4,17,18,19,20). The number of aromatic nitrogens is 2. The Morgan fingerprint density at radius 1 is 1.09 bits per heavy atom. The fourth-order valence-electron chi connectivity index (χ4n) is 2.45. The van der Waals surface area contributed by atoms with E-state index in [2.05, 4.69) is 23.8 Å². The van der Waals surface area contributed by atoms with Gasteiger partial charge in [-0.1, -0.05) is 13.8 Å². The van der Waals surface area contributed by atoms with E-state index in [-0.39, 0.29) is 5.95 Å². The molecule has 1 aromatic heterocycles. The highest BCUT2D eigenvalue weighted by atomic mass is 16.5.